The lowest BCUT2D eigenvalue weighted by atomic mass is 9.73. The Morgan fingerprint density at radius 2 is 1.07 bits per heavy atom. The molecule has 0 fully saturated rings. The standard InChI is InChI=1S/C26H25F13O2/c1-15(16-8-6-5-7-9-16)20(40,17-10-12-18(13-11-17)41-19(2,3)4)14-21(27,28)22(29,30)23(31,32)24(33,34)25(35,36)26(37,38)39/h5-13,15,40H,14H2,1-4H3. The number of benzene rings is 2. The van der Waals surface area contributed by atoms with Crippen molar-refractivity contribution in [2.24, 2.45) is 0 Å². The van der Waals surface area contributed by atoms with E-state index in [9.17, 15) is 62.2 Å². The summed E-state index contributed by atoms with van der Waals surface area (Å²) >= 11 is 0. The van der Waals surface area contributed by atoms with E-state index in [0.29, 0.717) is 0 Å². The van der Waals surface area contributed by atoms with Crippen LogP contribution in [0, 0.1) is 0 Å². The first kappa shape index (κ1) is 34.5. The molecular formula is C26H25F13O2. The van der Waals surface area contributed by atoms with Crippen molar-refractivity contribution in [1.82, 2.24) is 0 Å². The predicted molar refractivity (Wildman–Crippen MR) is 121 cm³/mol. The van der Waals surface area contributed by atoms with Gasteiger partial charge in [-0.3, -0.25) is 0 Å². The number of halogens is 13. The lowest BCUT2D eigenvalue weighted by Gasteiger charge is -2.43. The highest BCUT2D eigenvalue weighted by atomic mass is 19.4. The molecule has 0 radical (unpaired) electrons. The predicted octanol–water partition coefficient (Wildman–Crippen LogP) is 8.98. The third-order valence-electron chi connectivity index (χ3n) is 6.28. The Labute approximate surface area is 226 Å². The third kappa shape index (κ3) is 6.09. The molecule has 2 unspecified atom stereocenters. The van der Waals surface area contributed by atoms with Crippen molar-refractivity contribution in [3.05, 3.63) is 65.7 Å². The van der Waals surface area contributed by atoms with Crippen LogP contribution in [0.3, 0.4) is 0 Å². The summed E-state index contributed by atoms with van der Waals surface area (Å²) in [6.07, 6.45) is -10.3. The molecule has 2 nitrogen and oxygen atoms in total. The summed E-state index contributed by atoms with van der Waals surface area (Å²) in [7, 11) is 0. The van der Waals surface area contributed by atoms with Gasteiger partial charge in [0.25, 0.3) is 0 Å². The second-order valence-electron chi connectivity index (χ2n) is 10.5. The van der Waals surface area contributed by atoms with Gasteiger partial charge < -0.3 is 9.84 Å². The van der Waals surface area contributed by atoms with Crippen molar-refractivity contribution in [1.29, 1.82) is 0 Å². The van der Waals surface area contributed by atoms with Crippen LogP contribution in [-0.2, 0) is 5.60 Å². The maximum Gasteiger partial charge on any atom is 0.460 e. The van der Waals surface area contributed by atoms with Gasteiger partial charge in [-0.05, 0) is 44.0 Å². The van der Waals surface area contributed by atoms with Crippen LogP contribution in [0.15, 0.2) is 54.6 Å². The Morgan fingerprint density at radius 3 is 1.49 bits per heavy atom. The quantitative estimate of drug-likeness (QED) is 0.270. The molecule has 15 heteroatoms. The molecule has 0 saturated carbocycles. The second kappa shape index (κ2) is 10.5. The highest BCUT2D eigenvalue weighted by Gasteiger charge is 2.90. The van der Waals surface area contributed by atoms with Crippen molar-refractivity contribution in [2.45, 2.75) is 87.0 Å². The fraction of sp³-hybridized carbons (Fsp3) is 0.538. The average molecular weight is 616 g/mol. The second-order valence-corrected chi connectivity index (χ2v) is 10.5. The zero-order valence-electron chi connectivity index (χ0n) is 21.7. The van der Waals surface area contributed by atoms with Gasteiger partial charge in [0.15, 0.2) is 0 Å². The summed E-state index contributed by atoms with van der Waals surface area (Å²) in [4.78, 5) is 0. The van der Waals surface area contributed by atoms with Gasteiger partial charge in [-0.2, -0.15) is 57.1 Å². The summed E-state index contributed by atoms with van der Waals surface area (Å²) in [5.41, 5.74) is -4.77. The molecule has 0 aliphatic rings. The molecule has 0 amide bonds. The summed E-state index contributed by atoms with van der Waals surface area (Å²) < 4.78 is 184. The minimum Gasteiger partial charge on any atom is -0.488 e. The molecule has 41 heavy (non-hydrogen) atoms. The van der Waals surface area contributed by atoms with Crippen LogP contribution in [-0.4, -0.2) is 46.5 Å². The van der Waals surface area contributed by atoms with Gasteiger partial charge in [-0.25, -0.2) is 0 Å². The van der Waals surface area contributed by atoms with E-state index in [1.54, 1.807) is 20.8 Å². The van der Waals surface area contributed by atoms with E-state index >= 15 is 0 Å². The molecule has 0 bridgehead atoms. The van der Waals surface area contributed by atoms with E-state index < -0.39 is 64.9 Å². The molecule has 232 valence electrons. The maximum atomic E-state index is 15.0. The molecule has 0 heterocycles. The summed E-state index contributed by atoms with van der Waals surface area (Å²) in [6.45, 7) is 5.86. The van der Waals surface area contributed by atoms with Crippen molar-refractivity contribution >= 4 is 0 Å². The smallest absolute Gasteiger partial charge is 0.460 e. The zero-order valence-corrected chi connectivity index (χ0v) is 21.7. The lowest BCUT2D eigenvalue weighted by Crippen LogP contribution is -2.70. The zero-order chi connectivity index (χ0) is 32.1. The van der Waals surface area contributed by atoms with Crippen LogP contribution in [0.4, 0.5) is 57.1 Å². The monoisotopic (exact) mass is 616 g/mol. The van der Waals surface area contributed by atoms with Crippen LogP contribution in [0.25, 0.3) is 0 Å². The van der Waals surface area contributed by atoms with Gasteiger partial charge in [0, 0.05) is 5.92 Å². The Balaban J connectivity index is 2.68. The molecule has 0 aliphatic heterocycles. The first-order chi connectivity index (χ1) is 18.2. The van der Waals surface area contributed by atoms with Gasteiger partial charge in [-0.1, -0.05) is 49.4 Å². The molecular weight excluding hydrogens is 591 g/mol. The SMILES string of the molecule is CC(c1ccccc1)C(O)(CC(F)(F)C(F)(F)C(F)(F)C(F)(F)C(F)(F)C(F)(F)F)c1ccc(OC(C)(C)C)cc1. The van der Waals surface area contributed by atoms with E-state index in [1.165, 1.54) is 30.3 Å². The van der Waals surface area contributed by atoms with E-state index in [0.717, 1.165) is 31.2 Å². The number of aliphatic hydroxyl groups is 1. The summed E-state index contributed by atoms with van der Waals surface area (Å²) in [5.74, 6) is -39.4. The van der Waals surface area contributed by atoms with Crippen LogP contribution in [0.5, 0.6) is 5.75 Å². The van der Waals surface area contributed by atoms with Crippen LogP contribution < -0.4 is 4.74 Å². The molecule has 0 aliphatic carbocycles. The Hall–Kier alpha value is -2.71. The summed E-state index contributed by atoms with van der Waals surface area (Å²) in [5, 5.41) is 11.4. The van der Waals surface area contributed by atoms with Crippen LogP contribution in [0.2, 0.25) is 0 Å². The van der Waals surface area contributed by atoms with Crippen molar-refractivity contribution in [2.75, 3.05) is 0 Å². The Kier molecular flexibility index (Phi) is 8.86. The molecule has 0 saturated heterocycles. The van der Waals surface area contributed by atoms with Gasteiger partial charge in [0.2, 0.25) is 0 Å². The summed E-state index contributed by atoms with van der Waals surface area (Å²) in [6, 6.07) is 10.5. The van der Waals surface area contributed by atoms with Gasteiger partial charge in [0.05, 0.1) is 6.42 Å². The maximum absolute atomic E-state index is 15.0. The number of rotatable bonds is 10. The van der Waals surface area contributed by atoms with E-state index in [1.807, 2.05) is 0 Å². The van der Waals surface area contributed by atoms with Crippen LogP contribution in [0.1, 0.15) is 51.2 Å². The van der Waals surface area contributed by atoms with Gasteiger partial charge in [0.1, 0.15) is 17.0 Å². The highest BCUT2D eigenvalue weighted by Crippen LogP contribution is 2.62. The first-order valence-electron chi connectivity index (χ1n) is 11.7. The fourth-order valence-corrected chi connectivity index (χ4v) is 3.94. The molecule has 2 aromatic rings. The number of ether oxygens (including phenoxy) is 1. The largest absolute Gasteiger partial charge is 0.488 e. The minimum absolute atomic E-state index is 0.0372. The Bertz CT molecular complexity index is 1170. The molecule has 0 spiro atoms. The highest BCUT2D eigenvalue weighted by molar-refractivity contribution is 5.36. The third-order valence-corrected chi connectivity index (χ3v) is 6.28. The van der Waals surface area contributed by atoms with Gasteiger partial charge in [-0.15, -0.1) is 0 Å². The average Bonchev–Trinajstić information content (AvgIpc) is 2.82. The first-order valence-corrected chi connectivity index (χ1v) is 11.7. The molecule has 0 aromatic heterocycles. The Morgan fingerprint density at radius 1 is 0.634 bits per heavy atom. The van der Waals surface area contributed by atoms with Crippen LogP contribution >= 0.6 is 0 Å². The van der Waals surface area contributed by atoms with E-state index in [-0.39, 0.29) is 11.3 Å². The van der Waals surface area contributed by atoms with Crippen molar-refractivity contribution in [3.63, 3.8) is 0 Å². The lowest BCUT2D eigenvalue weighted by molar-refractivity contribution is -0.441. The van der Waals surface area contributed by atoms with Gasteiger partial charge >= 0.3 is 35.8 Å². The molecule has 2 rings (SSSR count). The van der Waals surface area contributed by atoms with Crippen molar-refractivity contribution < 1.29 is 66.9 Å². The number of alkyl halides is 13. The molecule has 2 atom stereocenters. The molecule has 2 aromatic carbocycles. The van der Waals surface area contributed by atoms with E-state index in [4.69, 9.17) is 4.74 Å². The fourth-order valence-electron chi connectivity index (χ4n) is 3.94. The number of hydrogen-bond donors (Lipinski definition) is 1. The van der Waals surface area contributed by atoms with E-state index in [2.05, 4.69) is 0 Å². The number of hydrogen-bond acceptors (Lipinski definition) is 2. The minimum atomic E-state index is -8.03. The molecule has 1 N–H and O–H groups in total. The topological polar surface area (TPSA) is 29.5 Å². The van der Waals surface area contributed by atoms with Crippen molar-refractivity contribution in [3.8, 4) is 5.75 Å². The normalized spacial score (nSPS) is 16.7.